The van der Waals surface area contributed by atoms with Crippen molar-refractivity contribution in [2.75, 3.05) is 0 Å². The van der Waals surface area contributed by atoms with Crippen LogP contribution in [0.5, 0.6) is 0 Å². The first-order chi connectivity index (χ1) is 23.3. The molecule has 0 amide bonds. The summed E-state index contributed by atoms with van der Waals surface area (Å²) in [7, 11) is 0. The number of halogens is 1. The molecule has 0 aliphatic heterocycles. The molecule has 0 unspecified atom stereocenters. The molecule has 0 atom stereocenters. The first kappa shape index (κ1) is 29.5. The number of hydrogen-bond acceptors (Lipinski definition) is 3. The zero-order valence-corrected chi connectivity index (χ0v) is 27.0. The summed E-state index contributed by atoms with van der Waals surface area (Å²) in [5.41, 5.74) is 8.99. The molecular weight excluding hydrogens is 591 g/mol. The van der Waals surface area contributed by atoms with Crippen molar-refractivity contribution in [3.63, 3.8) is 0 Å². The van der Waals surface area contributed by atoms with Crippen molar-refractivity contribution in [3.8, 4) is 51.0 Å². The molecule has 0 aliphatic rings. The third kappa shape index (κ3) is 5.33. The average molecular weight is 625 g/mol. The topological polar surface area (TPSA) is 43.6 Å². The second-order valence-corrected chi connectivity index (χ2v) is 13.1. The molecular formula is C43H33FN4. The SMILES string of the molecule is CC(C)(C)c1ccc2c(c1)c1ccccc1n2-c1cc(-c2nc(-c3ccccc3)nc(-c3ccccc3)n2)ccc1-c1ccc(F)cc1. The fourth-order valence-corrected chi connectivity index (χ4v) is 6.37. The molecule has 0 radical (unpaired) electrons. The van der Waals surface area contributed by atoms with Crippen molar-refractivity contribution in [1.82, 2.24) is 19.5 Å². The van der Waals surface area contributed by atoms with Crippen LogP contribution in [0.4, 0.5) is 4.39 Å². The molecule has 232 valence electrons. The smallest absolute Gasteiger partial charge is 0.164 e. The van der Waals surface area contributed by atoms with E-state index in [2.05, 4.69) is 79.9 Å². The Hall–Kier alpha value is -5.94. The number of fused-ring (bicyclic) bond motifs is 3. The van der Waals surface area contributed by atoms with Gasteiger partial charge in [-0.25, -0.2) is 19.3 Å². The summed E-state index contributed by atoms with van der Waals surface area (Å²) >= 11 is 0. The highest BCUT2D eigenvalue weighted by molar-refractivity contribution is 6.10. The Morgan fingerprint density at radius 2 is 1.02 bits per heavy atom. The van der Waals surface area contributed by atoms with Gasteiger partial charge in [0.25, 0.3) is 0 Å². The van der Waals surface area contributed by atoms with Gasteiger partial charge in [-0.2, -0.15) is 0 Å². The van der Waals surface area contributed by atoms with Gasteiger partial charge in [0, 0.05) is 33.0 Å². The normalized spacial score (nSPS) is 11.8. The van der Waals surface area contributed by atoms with E-state index in [4.69, 9.17) is 15.0 Å². The van der Waals surface area contributed by atoms with Crippen molar-refractivity contribution >= 4 is 21.8 Å². The predicted octanol–water partition coefficient (Wildman–Crippen LogP) is 11.1. The molecule has 0 saturated carbocycles. The van der Waals surface area contributed by atoms with Gasteiger partial charge in [-0.05, 0) is 52.9 Å². The zero-order chi connectivity index (χ0) is 32.8. The number of nitrogens with zero attached hydrogens (tertiary/aromatic N) is 4. The van der Waals surface area contributed by atoms with Crippen LogP contribution in [0, 0.1) is 5.82 Å². The number of para-hydroxylation sites is 1. The van der Waals surface area contributed by atoms with E-state index in [9.17, 15) is 4.39 Å². The van der Waals surface area contributed by atoms with Crippen LogP contribution >= 0.6 is 0 Å². The zero-order valence-electron chi connectivity index (χ0n) is 27.0. The van der Waals surface area contributed by atoms with Crippen LogP contribution in [0.15, 0.2) is 146 Å². The number of rotatable bonds is 5. The highest BCUT2D eigenvalue weighted by atomic mass is 19.1. The monoisotopic (exact) mass is 624 g/mol. The van der Waals surface area contributed by atoms with E-state index in [0.29, 0.717) is 17.5 Å². The Balaban J connectivity index is 1.41. The van der Waals surface area contributed by atoms with Crippen LogP contribution in [-0.2, 0) is 5.41 Å². The van der Waals surface area contributed by atoms with E-state index in [1.807, 2.05) is 78.9 Å². The minimum atomic E-state index is -0.268. The number of aromatic nitrogens is 4. The summed E-state index contributed by atoms with van der Waals surface area (Å²) in [6, 6.07) is 48.3. The molecule has 0 bridgehead atoms. The van der Waals surface area contributed by atoms with Crippen molar-refractivity contribution in [2.45, 2.75) is 26.2 Å². The molecule has 48 heavy (non-hydrogen) atoms. The van der Waals surface area contributed by atoms with Gasteiger partial charge in [-0.15, -0.1) is 0 Å². The fourth-order valence-electron chi connectivity index (χ4n) is 6.37. The maximum Gasteiger partial charge on any atom is 0.164 e. The summed E-state index contributed by atoms with van der Waals surface area (Å²) in [5.74, 6) is 1.52. The van der Waals surface area contributed by atoms with Gasteiger partial charge >= 0.3 is 0 Å². The lowest BCUT2D eigenvalue weighted by atomic mass is 9.86. The Kier molecular flexibility index (Phi) is 7.18. The first-order valence-corrected chi connectivity index (χ1v) is 16.1. The maximum atomic E-state index is 14.1. The van der Waals surface area contributed by atoms with Crippen molar-refractivity contribution in [3.05, 3.63) is 157 Å². The summed E-state index contributed by atoms with van der Waals surface area (Å²) in [6.45, 7) is 6.72. The molecule has 2 heterocycles. The Morgan fingerprint density at radius 1 is 0.479 bits per heavy atom. The van der Waals surface area contributed by atoms with Crippen LogP contribution in [0.3, 0.4) is 0 Å². The lowest BCUT2D eigenvalue weighted by Gasteiger charge is -2.19. The van der Waals surface area contributed by atoms with Crippen LogP contribution in [-0.4, -0.2) is 19.5 Å². The second kappa shape index (κ2) is 11.7. The van der Waals surface area contributed by atoms with Gasteiger partial charge in [0.1, 0.15) is 5.82 Å². The van der Waals surface area contributed by atoms with Gasteiger partial charge < -0.3 is 4.57 Å². The molecule has 0 saturated heterocycles. The molecule has 0 spiro atoms. The number of benzene rings is 6. The summed E-state index contributed by atoms with van der Waals surface area (Å²) in [4.78, 5) is 14.9. The van der Waals surface area contributed by atoms with Gasteiger partial charge in [-0.3, -0.25) is 0 Å². The minimum Gasteiger partial charge on any atom is -0.309 e. The summed E-state index contributed by atoms with van der Waals surface area (Å²) < 4.78 is 16.5. The third-order valence-corrected chi connectivity index (χ3v) is 8.89. The van der Waals surface area contributed by atoms with Crippen LogP contribution in [0.1, 0.15) is 26.3 Å². The first-order valence-electron chi connectivity index (χ1n) is 16.1. The standard InChI is InChI=1S/C43H33FN4/c1-43(2,3)32-21-25-38-36(27-32)35-16-10-11-17-37(35)48(38)39-26-31(20-24-34(39)28-18-22-33(44)23-19-28)42-46-40(29-12-6-4-7-13-29)45-41(47-42)30-14-8-5-9-15-30/h4-27H,1-3H3. The third-order valence-electron chi connectivity index (χ3n) is 8.89. The number of hydrogen-bond donors (Lipinski definition) is 0. The second-order valence-electron chi connectivity index (χ2n) is 13.1. The van der Waals surface area contributed by atoms with E-state index < -0.39 is 0 Å². The van der Waals surface area contributed by atoms with E-state index in [0.717, 1.165) is 44.5 Å². The average Bonchev–Trinajstić information content (AvgIpc) is 3.46. The lowest BCUT2D eigenvalue weighted by molar-refractivity contribution is 0.591. The highest BCUT2D eigenvalue weighted by Crippen LogP contribution is 2.39. The van der Waals surface area contributed by atoms with E-state index in [1.165, 1.54) is 28.5 Å². The molecule has 0 aliphatic carbocycles. The van der Waals surface area contributed by atoms with Gasteiger partial charge in [0.05, 0.1) is 16.7 Å². The quantitative estimate of drug-likeness (QED) is 0.191. The molecule has 5 heteroatoms. The van der Waals surface area contributed by atoms with E-state index in [1.54, 1.807) is 0 Å². The van der Waals surface area contributed by atoms with Crippen LogP contribution < -0.4 is 0 Å². The van der Waals surface area contributed by atoms with Crippen molar-refractivity contribution in [1.29, 1.82) is 0 Å². The van der Waals surface area contributed by atoms with Gasteiger partial charge in [-0.1, -0.05) is 130 Å². The van der Waals surface area contributed by atoms with Crippen molar-refractivity contribution in [2.24, 2.45) is 0 Å². The van der Waals surface area contributed by atoms with E-state index in [-0.39, 0.29) is 11.2 Å². The molecule has 4 nitrogen and oxygen atoms in total. The van der Waals surface area contributed by atoms with Crippen LogP contribution in [0.25, 0.3) is 72.8 Å². The molecule has 6 aromatic carbocycles. The van der Waals surface area contributed by atoms with Gasteiger partial charge in [0.15, 0.2) is 17.5 Å². The highest BCUT2D eigenvalue weighted by Gasteiger charge is 2.21. The van der Waals surface area contributed by atoms with Crippen LogP contribution in [0.2, 0.25) is 0 Å². The summed E-state index contributed by atoms with van der Waals surface area (Å²) in [5, 5.41) is 2.36. The fraction of sp³-hybridized carbons (Fsp3) is 0.0930. The lowest BCUT2D eigenvalue weighted by Crippen LogP contribution is -2.10. The van der Waals surface area contributed by atoms with Gasteiger partial charge in [0.2, 0.25) is 0 Å². The molecule has 0 fully saturated rings. The molecule has 8 aromatic rings. The Bertz CT molecular complexity index is 2370. The molecule has 8 rings (SSSR count). The summed E-state index contributed by atoms with van der Waals surface area (Å²) in [6.07, 6.45) is 0. The Labute approximate surface area is 279 Å². The van der Waals surface area contributed by atoms with E-state index >= 15 is 0 Å². The minimum absolute atomic E-state index is 0.00217. The largest absolute Gasteiger partial charge is 0.309 e. The maximum absolute atomic E-state index is 14.1. The molecule has 0 N–H and O–H groups in total. The predicted molar refractivity (Wildman–Crippen MR) is 195 cm³/mol. The molecule has 2 aromatic heterocycles. The Morgan fingerprint density at radius 3 is 1.65 bits per heavy atom. The van der Waals surface area contributed by atoms with Crippen molar-refractivity contribution < 1.29 is 4.39 Å².